The Morgan fingerprint density at radius 2 is 0.821 bits per heavy atom. The van der Waals surface area contributed by atoms with Crippen LogP contribution in [-0.2, 0) is 32.7 Å². The van der Waals surface area contributed by atoms with E-state index in [1.165, 1.54) is 16.2 Å². The first-order valence-electron chi connectivity index (χ1n) is 18.4. The quantitative estimate of drug-likeness (QED) is 0.0767. The van der Waals surface area contributed by atoms with Gasteiger partial charge in [-0.25, -0.2) is 0 Å². The van der Waals surface area contributed by atoms with Gasteiger partial charge in [0.1, 0.15) is 0 Å². The third-order valence-corrected chi connectivity index (χ3v) is 10.9. The molecule has 7 aromatic rings. The number of hydrogen-bond donors (Lipinski definition) is 0. The Bertz CT molecular complexity index is 1890. The van der Waals surface area contributed by atoms with Gasteiger partial charge in [0.2, 0.25) is 8.32 Å². The van der Waals surface area contributed by atoms with Crippen LogP contribution in [0.25, 0.3) is 10.6 Å². The van der Waals surface area contributed by atoms with E-state index >= 15 is 0 Å². The van der Waals surface area contributed by atoms with Gasteiger partial charge in [0.05, 0.1) is 5.75 Å². The van der Waals surface area contributed by atoms with Crippen molar-refractivity contribution in [2.24, 2.45) is 0 Å². The van der Waals surface area contributed by atoms with Crippen LogP contribution in [0.2, 0.25) is 19.6 Å². The molecule has 286 valence electrons. The van der Waals surface area contributed by atoms with Crippen LogP contribution >= 0.6 is 7.92 Å². The average Bonchev–Trinajstić information content (AvgIpc) is 3.20. The molecular formula is C50H52N2OPSiZr-5. The molecule has 0 saturated heterocycles. The summed E-state index contributed by atoms with van der Waals surface area (Å²) in [6, 6.07) is 69.5. The molecule has 6 heteroatoms. The Hall–Kier alpha value is -4.76. The molecule has 0 heterocycles. The van der Waals surface area contributed by atoms with E-state index in [0.717, 1.165) is 28.1 Å². The van der Waals surface area contributed by atoms with Crippen molar-refractivity contribution in [2.45, 2.75) is 32.1 Å². The Balaban J connectivity index is 0.000000306. The zero-order valence-electron chi connectivity index (χ0n) is 32.8. The molecule has 0 amide bonds. The van der Waals surface area contributed by atoms with Crippen LogP contribution in [0.1, 0.15) is 22.3 Å². The standard InChI is InChI=1S/C29H31N2OPSi.3C7H7.Zr/c1-34(2,3)32-28-22-14-13-21-27(28)31-29(30-23-24-15-7-4-8-16-24)33(25-17-9-5-10-18-25)26-19-11-6-12-20-26;3*1-7-5-3-2-4-6-7;/h4-22,29H,23H2,1-3H3;3*2-6H,1H2;/q-2;3*-1;. The zero-order chi connectivity index (χ0) is 39.1. The second-order valence-electron chi connectivity index (χ2n) is 13.5. The van der Waals surface area contributed by atoms with Crippen LogP contribution in [-0.4, -0.2) is 14.2 Å². The van der Waals surface area contributed by atoms with E-state index in [2.05, 4.69) is 125 Å². The molecule has 0 radical (unpaired) electrons. The predicted molar refractivity (Wildman–Crippen MR) is 243 cm³/mol. The van der Waals surface area contributed by atoms with Crippen molar-refractivity contribution >= 4 is 32.5 Å². The SMILES string of the molecule is C[Si](C)(C)Oc1ccccc1[N-]C([N-]Cc1ccccc1)P(c1ccccc1)c1ccccc1.[CH2-]c1ccccc1.[CH2-]c1ccccc1.[CH2-]c1ccccc1.[Zr]. The molecule has 7 rings (SSSR count). The fourth-order valence-corrected chi connectivity index (χ4v) is 8.22. The first-order chi connectivity index (χ1) is 26.7. The van der Waals surface area contributed by atoms with Gasteiger partial charge < -0.3 is 15.1 Å². The Labute approximate surface area is 358 Å². The number of nitrogens with zero attached hydrogens (tertiary/aromatic N) is 2. The second-order valence-corrected chi connectivity index (χ2v) is 20.1. The van der Waals surface area contributed by atoms with E-state index in [1.54, 1.807) is 0 Å². The summed E-state index contributed by atoms with van der Waals surface area (Å²) in [7, 11) is -2.65. The van der Waals surface area contributed by atoms with Crippen LogP contribution in [0.5, 0.6) is 5.75 Å². The van der Waals surface area contributed by atoms with Crippen LogP contribution in [0.15, 0.2) is 206 Å². The van der Waals surface area contributed by atoms with Crippen LogP contribution in [0.3, 0.4) is 0 Å². The first kappa shape index (κ1) is 45.6. The van der Waals surface area contributed by atoms with Crippen LogP contribution in [0, 0.1) is 20.8 Å². The van der Waals surface area contributed by atoms with Gasteiger partial charge in [-0.3, -0.25) is 0 Å². The summed E-state index contributed by atoms with van der Waals surface area (Å²) in [5.74, 6) is 0.601. The van der Waals surface area contributed by atoms with Crippen molar-refractivity contribution < 1.29 is 30.6 Å². The van der Waals surface area contributed by atoms with Crippen LogP contribution < -0.4 is 15.0 Å². The predicted octanol–water partition coefficient (Wildman–Crippen LogP) is 13.5. The molecule has 7 aromatic carbocycles. The molecule has 0 spiro atoms. The molecule has 1 unspecified atom stereocenters. The smallest absolute Gasteiger partial charge is 0.242 e. The Morgan fingerprint density at radius 1 is 0.482 bits per heavy atom. The topological polar surface area (TPSA) is 37.4 Å². The summed E-state index contributed by atoms with van der Waals surface area (Å²) >= 11 is 0. The van der Waals surface area contributed by atoms with Gasteiger partial charge in [-0.1, -0.05) is 147 Å². The molecule has 0 saturated carbocycles. The van der Waals surface area contributed by atoms with E-state index in [9.17, 15) is 0 Å². The van der Waals surface area contributed by atoms with Crippen molar-refractivity contribution in [3.05, 3.63) is 260 Å². The van der Waals surface area contributed by atoms with Crippen molar-refractivity contribution in [1.29, 1.82) is 0 Å². The maximum absolute atomic E-state index is 6.40. The molecular weight excluding hydrogens is 795 g/mol. The monoisotopic (exact) mass is 845 g/mol. The molecule has 0 aromatic heterocycles. The molecule has 0 aliphatic heterocycles. The molecule has 1 atom stereocenters. The fraction of sp³-hybridized carbons (Fsp3) is 0.100. The van der Waals surface area contributed by atoms with E-state index in [4.69, 9.17) is 15.1 Å². The van der Waals surface area contributed by atoms with Gasteiger partial charge in [-0.15, -0.1) is 42.9 Å². The van der Waals surface area contributed by atoms with Crippen molar-refractivity contribution in [2.75, 3.05) is 0 Å². The molecule has 0 N–H and O–H groups in total. The molecule has 0 aliphatic carbocycles. The van der Waals surface area contributed by atoms with E-state index in [1.807, 2.05) is 121 Å². The minimum Gasteiger partial charge on any atom is -0.692 e. The average molecular weight is 847 g/mol. The van der Waals surface area contributed by atoms with E-state index in [-0.39, 0.29) is 32.1 Å². The molecule has 0 bridgehead atoms. The maximum Gasteiger partial charge on any atom is 0.242 e. The normalized spacial score (nSPS) is 10.7. The van der Waals surface area contributed by atoms with Gasteiger partial charge in [-0.05, 0) is 36.3 Å². The van der Waals surface area contributed by atoms with Gasteiger partial charge >= 0.3 is 0 Å². The van der Waals surface area contributed by atoms with E-state index in [0.29, 0.717) is 6.54 Å². The maximum atomic E-state index is 6.40. The third-order valence-electron chi connectivity index (χ3n) is 7.64. The number of rotatable bonds is 10. The molecule has 3 nitrogen and oxygen atoms in total. The molecule has 0 fully saturated rings. The summed E-state index contributed by atoms with van der Waals surface area (Å²) in [6.45, 7) is 18.4. The summed E-state index contributed by atoms with van der Waals surface area (Å²) in [6.07, 6.45) is 0. The van der Waals surface area contributed by atoms with Gasteiger partial charge in [0.25, 0.3) is 0 Å². The summed E-state index contributed by atoms with van der Waals surface area (Å²) < 4.78 is 6.40. The van der Waals surface area contributed by atoms with Gasteiger partial charge in [0.15, 0.2) is 0 Å². The first-order valence-corrected chi connectivity index (χ1v) is 23.2. The van der Waals surface area contributed by atoms with Gasteiger partial charge in [0, 0.05) is 26.2 Å². The Kier molecular flexibility index (Phi) is 20.7. The second kappa shape index (κ2) is 25.4. The minimum atomic E-state index is -1.79. The van der Waals surface area contributed by atoms with E-state index < -0.39 is 16.2 Å². The molecule has 0 aliphatic rings. The molecule has 56 heavy (non-hydrogen) atoms. The zero-order valence-corrected chi connectivity index (χ0v) is 37.1. The van der Waals surface area contributed by atoms with Crippen LogP contribution in [0.4, 0.5) is 5.69 Å². The van der Waals surface area contributed by atoms with Gasteiger partial charge in [-0.2, -0.15) is 79.8 Å². The van der Waals surface area contributed by atoms with Crippen molar-refractivity contribution in [1.82, 2.24) is 0 Å². The summed E-state index contributed by atoms with van der Waals surface area (Å²) in [4.78, 5) is 0. The van der Waals surface area contributed by atoms with Crippen molar-refractivity contribution in [3.8, 4) is 5.75 Å². The number of hydrogen-bond acceptors (Lipinski definition) is 1. The fourth-order valence-electron chi connectivity index (χ4n) is 5.08. The summed E-state index contributed by atoms with van der Waals surface area (Å²) in [5, 5.41) is 13.0. The van der Waals surface area contributed by atoms with Crippen molar-refractivity contribution in [3.63, 3.8) is 0 Å². The summed E-state index contributed by atoms with van der Waals surface area (Å²) in [5.41, 5.74) is 5.27. The third kappa shape index (κ3) is 17.8. The Morgan fingerprint density at radius 3 is 1.18 bits per heavy atom. The number of para-hydroxylation sites is 2. The largest absolute Gasteiger partial charge is 0.692 e. The minimum absolute atomic E-state index is 0. The number of benzene rings is 7.